The molecule has 0 spiro atoms. The minimum Gasteiger partial charge on any atom is -0.328 e. The van der Waals surface area contributed by atoms with Gasteiger partial charge in [-0.1, -0.05) is 6.92 Å². The van der Waals surface area contributed by atoms with Gasteiger partial charge in [0.1, 0.15) is 11.4 Å². The van der Waals surface area contributed by atoms with Crippen LogP contribution in [0.25, 0.3) is 0 Å². The van der Waals surface area contributed by atoms with Crippen molar-refractivity contribution in [3.8, 4) is 0 Å². The molecule has 7 heteroatoms. The SMILES string of the molecule is CCc1c(C)nc([C@@H]2CCCN2C(=O)c2cc3c([nH]c2=O)CCCC3)[nH]c1=O. The second-order valence-electron chi connectivity index (χ2n) is 7.75. The third kappa shape index (κ3) is 3.19. The van der Waals surface area contributed by atoms with E-state index < -0.39 is 0 Å². The van der Waals surface area contributed by atoms with Gasteiger partial charge in [-0.3, -0.25) is 14.4 Å². The van der Waals surface area contributed by atoms with Crippen LogP contribution in [0.5, 0.6) is 0 Å². The summed E-state index contributed by atoms with van der Waals surface area (Å²) >= 11 is 0. The van der Waals surface area contributed by atoms with Crippen LogP contribution < -0.4 is 11.1 Å². The number of aryl methyl sites for hydroxylation is 3. The number of nitrogens with zero attached hydrogens (tertiary/aromatic N) is 2. The summed E-state index contributed by atoms with van der Waals surface area (Å²) in [6.45, 7) is 4.30. The molecular weight excluding hydrogens is 356 g/mol. The number of aromatic amines is 2. The summed E-state index contributed by atoms with van der Waals surface area (Å²) in [5.74, 6) is 0.233. The van der Waals surface area contributed by atoms with Crippen LogP contribution in [0.2, 0.25) is 0 Å². The number of H-pyrrole nitrogens is 2. The van der Waals surface area contributed by atoms with Crippen LogP contribution in [-0.4, -0.2) is 32.3 Å². The third-order valence-corrected chi connectivity index (χ3v) is 5.99. The highest BCUT2D eigenvalue weighted by Gasteiger charge is 2.34. The first kappa shape index (κ1) is 18.7. The molecule has 1 aliphatic heterocycles. The van der Waals surface area contributed by atoms with E-state index in [2.05, 4.69) is 15.0 Å². The Labute approximate surface area is 163 Å². The van der Waals surface area contributed by atoms with Crippen LogP contribution in [0.1, 0.15) is 77.3 Å². The molecular formula is C21H26N4O3. The van der Waals surface area contributed by atoms with Crippen LogP contribution in [0.3, 0.4) is 0 Å². The molecule has 4 rings (SSSR count). The zero-order chi connectivity index (χ0) is 19.8. The van der Waals surface area contributed by atoms with Crippen molar-refractivity contribution >= 4 is 5.91 Å². The number of rotatable bonds is 3. The van der Waals surface area contributed by atoms with Crippen LogP contribution in [-0.2, 0) is 19.3 Å². The quantitative estimate of drug-likeness (QED) is 0.850. The van der Waals surface area contributed by atoms with Crippen LogP contribution in [0, 0.1) is 6.92 Å². The van der Waals surface area contributed by atoms with Crippen LogP contribution in [0.15, 0.2) is 15.7 Å². The smallest absolute Gasteiger partial charge is 0.261 e. The van der Waals surface area contributed by atoms with Crippen molar-refractivity contribution < 1.29 is 4.79 Å². The highest BCUT2D eigenvalue weighted by molar-refractivity contribution is 5.94. The van der Waals surface area contributed by atoms with Gasteiger partial charge in [0, 0.05) is 23.5 Å². The Hall–Kier alpha value is -2.70. The molecule has 2 N–H and O–H groups in total. The molecule has 2 aliphatic rings. The van der Waals surface area contributed by atoms with Crippen molar-refractivity contribution in [3.63, 3.8) is 0 Å². The molecule has 1 aliphatic carbocycles. The zero-order valence-corrected chi connectivity index (χ0v) is 16.4. The number of hydrogen-bond donors (Lipinski definition) is 2. The van der Waals surface area contributed by atoms with Gasteiger partial charge in [0.2, 0.25) is 0 Å². The van der Waals surface area contributed by atoms with Crippen molar-refractivity contribution in [3.05, 3.63) is 60.7 Å². The van der Waals surface area contributed by atoms with Crippen molar-refractivity contribution in [2.24, 2.45) is 0 Å². The van der Waals surface area contributed by atoms with E-state index in [9.17, 15) is 14.4 Å². The topological polar surface area (TPSA) is 98.9 Å². The van der Waals surface area contributed by atoms with E-state index in [1.807, 2.05) is 13.8 Å². The third-order valence-electron chi connectivity index (χ3n) is 5.99. The number of hydrogen-bond acceptors (Lipinski definition) is 4. The zero-order valence-electron chi connectivity index (χ0n) is 16.4. The van der Waals surface area contributed by atoms with Gasteiger partial charge >= 0.3 is 0 Å². The van der Waals surface area contributed by atoms with Gasteiger partial charge in [-0.15, -0.1) is 0 Å². The maximum Gasteiger partial charge on any atom is 0.261 e. The maximum absolute atomic E-state index is 13.2. The molecule has 3 heterocycles. The molecule has 7 nitrogen and oxygen atoms in total. The molecule has 1 atom stereocenters. The van der Waals surface area contributed by atoms with Crippen molar-refractivity contribution in [1.29, 1.82) is 0 Å². The predicted octanol–water partition coefficient (Wildman–Crippen LogP) is 2.19. The van der Waals surface area contributed by atoms with E-state index in [4.69, 9.17) is 0 Å². The van der Waals surface area contributed by atoms with E-state index in [-0.39, 0.29) is 28.6 Å². The Morgan fingerprint density at radius 2 is 1.96 bits per heavy atom. The fourth-order valence-corrected chi connectivity index (χ4v) is 4.49. The molecule has 0 aromatic carbocycles. The maximum atomic E-state index is 13.2. The second-order valence-corrected chi connectivity index (χ2v) is 7.75. The summed E-state index contributed by atoms with van der Waals surface area (Å²) in [6, 6.07) is 1.47. The Bertz CT molecular complexity index is 1040. The minimum atomic E-state index is -0.324. The van der Waals surface area contributed by atoms with E-state index in [1.165, 1.54) is 0 Å². The largest absolute Gasteiger partial charge is 0.328 e. The van der Waals surface area contributed by atoms with Crippen LogP contribution in [0.4, 0.5) is 0 Å². The first-order valence-corrected chi connectivity index (χ1v) is 10.1. The minimum absolute atomic E-state index is 0.143. The lowest BCUT2D eigenvalue weighted by Crippen LogP contribution is -2.36. The molecule has 0 radical (unpaired) electrons. The summed E-state index contributed by atoms with van der Waals surface area (Å²) in [4.78, 5) is 50.2. The fourth-order valence-electron chi connectivity index (χ4n) is 4.49. The molecule has 1 fully saturated rings. The number of aromatic nitrogens is 3. The number of likely N-dealkylation sites (tertiary alicyclic amines) is 1. The number of amides is 1. The number of carbonyl (C=O) groups is 1. The van der Waals surface area contributed by atoms with Gasteiger partial charge < -0.3 is 14.9 Å². The molecule has 2 aromatic rings. The molecule has 0 unspecified atom stereocenters. The summed E-state index contributed by atoms with van der Waals surface area (Å²) in [5.41, 5.74) is 3.13. The van der Waals surface area contributed by atoms with E-state index in [0.717, 1.165) is 49.8 Å². The fraction of sp³-hybridized carbons (Fsp3) is 0.524. The Morgan fingerprint density at radius 1 is 1.18 bits per heavy atom. The molecule has 1 amide bonds. The summed E-state index contributed by atoms with van der Waals surface area (Å²) in [7, 11) is 0. The number of fused-ring (bicyclic) bond motifs is 1. The highest BCUT2D eigenvalue weighted by atomic mass is 16.2. The van der Waals surface area contributed by atoms with E-state index >= 15 is 0 Å². The Balaban J connectivity index is 1.68. The average molecular weight is 382 g/mol. The average Bonchev–Trinajstić information content (AvgIpc) is 3.16. The first-order chi connectivity index (χ1) is 13.5. The number of nitrogens with one attached hydrogen (secondary N) is 2. The summed E-state index contributed by atoms with van der Waals surface area (Å²) < 4.78 is 0. The van der Waals surface area contributed by atoms with Crippen molar-refractivity contribution in [2.45, 2.75) is 64.8 Å². The van der Waals surface area contributed by atoms with Gasteiger partial charge in [0.15, 0.2) is 0 Å². The number of pyridine rings is 1. The molecule has 1 saturated heterocycles. The normalized spacial score (nSPS) is 18.9. The lowest BCUT2D eigenvalue weighted by molar-refractivity contribution is 0.0727. The van der Waals surface area contributed by atoms with Gasteiger partial charge in [0.25, 0.3) is 17.0 Å². The molecule has 148 valence electrons. The van der Waals surface area contributed by atoms with Gasteiger partial charge in [-0.05, 0) is 63.5 Å². The molecule has 2 aromatic heterocycles. The van der Waals surface area contributed by atoms with Gasteiger partial charge in [-0.25, -0.2) is 4.98 Å². The molecule has 0 saturated carbocycles. The standard InChI is InChI=1S/C21H26N4O3/c1-3-14-12(2)22-18(24-19(14)26)17-9-6-10-25(17)21(28)15-11-13-7-4-5-8-16(13)23-20(15)27/h11,17H,3-10H2,1-2H3,(H,23,27)(H,22,24,26)/t17-/m0/s1. The van der Waals surface area contributed by atoms with E-state index in [0.29, 0.717) is 30.0 Å². The second kappa shape index (κ2) is 7.37. The monoisotopic (exact) mass is 382 g/mol. The summed E-state index contributed by atoms with van der Waals surface area (Å²) in [5, 5.41) is 0. The first-order valence-electron chi connectivity index (χ1n) is 10.1. The van der Waals surface area contributed by atoms with Gasteiger partial charge in [-0.2, -0.15) is 0 Å². The highest BCUT2D eigenvalue weighted by Crippen LogP contribution is 2.31. The lowest BCUT2D eigenvalue weighted by atomic mass is 9.95. The Morgan fingerprint density at radius 3 is 2.71 bits per heavy atom. The van der Waals surface area contributed by atoms with E-state index in [1.54, 1.807) is 11.0 Å². The number of carbonyl (C=O) groups excluding carboxylic acids is 1. The summed E-state index contributed by atoms with van der Waals surface area (Å²) in [6.07, 6.45) is 6.05. The lowest BCUT2D eigenvalue weighted by Gasteiger charge is -2.25. The van der Waals surface area contributed by atoms with Gasteiger partial charge in [0.05, 0.1) is 6.04 Å². The Kier molecular flexibility index (Phi) is 4.91. The predicted molar refractivity (Wildman–Crippen MR) is 106 cm³/mol. The molecule has 28 heavy (non-hydrogen) atoms. The molecule has 0 bridgehead atoms. The van der Waals surface area contributed by atoms with Crippen molar-refractivity contribution in [2.75, 3.05) is 6.54 Å². The van der Waals surface area contributed by atoms with Crippen molar-refractivity contribution in [1.82, 2.24) is 19.9 Å². The van der Waals surface area contributed by atoms with Crippen LogP contribution >= 0.6 is 0 Å².